The Bertz CT molecular complexity index is 400. The maximum absolute atomic E-state index is 11.5. The number of H-pyrrole nitrogens is 1. The van der Waals surface area contributed by atoms with Gasteiger partial charge in [0.1, 0.15) is 13.1 Å². The van der Waals surface area contributed by atoms with Crippen molar-refractivity contribution >= 4 is 23.7 Å². The second kappa shape index (κ2) is 5.49. The zero-order chi connectivity index (χ0) is 12.8. The van der Waals surface area contributed by atoms with Gasteiger partial charge < -0.3 is 20.4 Å². The Morgan fingerprint density at radius 2 is 1.88 bits per heavy atom. The normalized spacial score (nSPS) is 9.65. The van der Waals surface area contributed by atoms with Crippen molar-refractivity contribution in [1.82, 2.24) is 15.1 Å². The van der Waals surface area contributed by atoms with Crippen LogP contribution in [-0.4, -0.2) is 56.4 Å². The Hall–Kier alpha value is -2.58. The van der Waals surface area contributed by atoms with Crippen LogP contribution in [0.4, 0.5) is 10.5 Å². The number of hydrogen-bond donors (Lipinski definition) is 4. The fraction of sp³-hybridized carbons (Fsp3) is 0.250. The molecule has 0 aliphatic carbocycles. The first-order valence-corrected chi connectivity index (χ1v) is 4.47. The van der Waals surface area contributed by atoms with Gasteiger partial charge in [-0.2, -0.15) is 5.10 Å². The second-order valence-electron chi connectivity index (χ2n) is 3.06. The number of aromatic amines is 1. The molecule has 17 heavy (non-hydrogen) atoms. The molecule has 0 saturated carbocycles. The van der Waals surface area contributed by atoms with Crippen molar-refractivity contribution in [3.63, 3.8) is 0 Å². The van der Waals surface area contributed by atoms with Gasteiger partial charge in [0.05, 0.1) is 11.9 Å². The molecule has 0 unspecified atom stereocenters. The Balaban J connectivity index is 2.65. The van der Waals surface area contributed by atoms with Gasteiger partial charge in [0.2, 0.25) is 0 Å². The molecule has 2 amide bonds. The molecule has 0 aromatic carbocycles. The molecule has 0 bridgehead atoms. The van der Waals surface area contributed by atoms with Crippen LogP contribution in [-0.2, 0) is 9.59 Å². The smallest absolute Gasteiger partial charge is 0.323 e. The molecule has 9 heteroatoms. The molecule has 0 radical (unpaired) electrons. The molecule has 0 aliphatic heterocycles. The van der Waals surface area contributed by atoms with Crippen LogP contribution >= 0.6 is 0 Å². The highest BCUT2D eigenvalue weighted by Crippen LogP contribution is 2.03. The molecule has 0 saturated heterocycles. The third kappa shape index (κ3) is 4.20. The lowest BCUT2D eigenvalue weighted by molar-refractivity contribution is -0.140. The third-order valence-electron chi connectivity index (χ3n) is 1.69. The molecule has 0 fully saturated rings. The van der Waals surface area contributed by atoms with E-state index >= 15 is 0 Å². The predicted molar refractivity (Wildman–Crippen MR) is 54.5 cm³/mol. The topological polar surface area (TPSA) is 136 Å². The van der Waals surface area contributed by atoms with E-state index in [1.165, 1.54) is 12.4 Å². The summed E-state index contributed by atoms with van der Waals surface area (Å²) in [5.74, 6) is -2.60. The van der Waals surface area contributed by atoms with E-state index in [1.54, 1.807) is 0 Å². The monoisotopic (exact) mass is 242 g/mol. The first-order valence-electron chi connectivity index (χ1n) is 4.47. The minimum Gasteiger partial charge on any atom is -0.480 e. The van der Waals surface area contributed by atoms with Crippen molar-refractivity contribution in [3.8, 4) is 0 Å². The van der Waals surface area contributed by atoms with Crippen LogP contribution in [0.2, 0.25) is 0 Å². The summed E-state index contributed by atoms with van der Waals surface area (Å²) in [5, 5.41) is 25.4. The molecule has 1 heterocycles. The van der Waals surface area contributed by atoms with Crippen molar-refractivity contribution in [2.24, 2.45) is 0 Å². The molecule has 0 aliphatic rings. The van der Waals surface area contributed by atoms with E-state index in [2.05, 4.69) is 15.5 Å². The number of amides is 2. The van der Waals surface area contributed by atoms with Crippen molar-refractivity contribution in [1.29, 1.82) is 0 Å². The van der Waals surface area contributed by atoms with Gasteiger partial charge in [-0.1, -0.05) is 0 Å². The highest BCUT2D eigenvalue weighted by molar-refractivity contribution is 5.93. The fourth-order valence-electron chi connectivity index (χ4n) is 1.05. The SMILES string of the molecule is O=C(O)CN(CC(=O)O)C(=O)Nc1cn[nH]c1. The highest BCUT2D eigenvalue weighted by Gasteiger charge is 2.19. The second-order valence-corrected chi connectivity index (χ2v) is 3.06. The number of carboxylic acids is 2. The van der Waals surface area contributed by atoms with Gasteiger partial charge in [-0.25, -0.2) is 4.79 Å². The van der Waals surface area contributed by atoms with Crippen LogP contribution < -0.4 is 5.32 Å². The molecule has 9 nitrogen and oxygen atoms in total. The molecule has 1 aromatic rings. The van der Waals surface area contributed by atoms with Gasteiger partial charge in [-0.3, -0.25) is 14.7 Å². The van der Waals surface area contributed by atoms with Gasteiger partial charge in [0, 0.05) is 6.20 Å². The Morgan fingerprint density at radius 3 is 2.29 bits per heavy atom. The van der Waals surface area contributed by atoms with Gasteiger partial charge in [-0.05, 0) is 0 Å². The number of anilines is 1. The van der Waals surface area contributed by atoms with Gasteiger partial charge in [0.25, 0.3) is 0 Å². The predicted octanol–water partition coefficient (Wildman–Crippen LogP) is -0.587. The fourth-order valence-corrected chi connectivity index (χ4v) is 1.05. The Morgan fingerprint density at radius 1 is 1.29 bits per heavy atom. The van der Waals surface area contributed by atoms with Crippen LogP contribution in [0.15, 0.2) is 12.4 Å². The average Bonchev–Trinajstić information content (AvgIpc) is 2.67. The number of carbonyl (C=O) groups is 3. The van der Waals surface area contributed by atoms with Crippen LogP contribution in [0, 0.1) is 0 Å². The van der Waals surface area contributed by atoms with E-state index in [9.17, 15) is 14.4 Å². The summed E-state index contributed by atoms with van der Waals surface area (Å²) in [7, 11) is 0. The van der Waals surface area contributed by atoms with Gasteiger partial charge >= 0.3 is 18.0 Å². The van der Waals surface area contributed by atoms with Gasteiger partial charge in [0.15, 0.2) is 0 Å². The molecular weight excluding hydrogens is 232 g/mol. The van der Waals surface area contributed by atoms with E-state index in [0.29, 0.717) is 10.6 Å². The molecule has 4 N–H and O–H groups in total. The number of aliphatic carboxylic acids is 2. The zero-order valence-corrected chi connectivity index (χ0v) is 8.58. The summed E-state index contributed by atoms with van der Waals surface area (Å²) >= 11 is 0. The Kier molecular flexibility index (Phi) is 4.03. The van der Waals surface area contributed by atoms with Gasteiger partial charge in [-0.15, -0.1) is 0 Å². The largest absolute Gasteiger partial charge is 0.480 e. The first kappa shape index (κ1) is 12.5. The molecule has 92 valence electrons. The first-order chi connectivity index (χ1) is 7.99. The minimum atomic E-state index is -1.30. The highest BCUT2D eigenvalue weighted by atomic mass is 16.4. The lowest BCUT2D eigenvalue weighted by Crippen LogP contribution is -2.41. The maximum Gasteiger partial charge on any atom is 0.323 e. The number of aromatic nitrogens is 2. The number of rotatable bonds is 5. The number of urea groups is 1. The maximum atomic E-state index is 11.5. The lowest BCUT2D eigenvalue weighted by Gasteiger charge is -2.18. The summed E-state index contributed by atoms with van der Waals surface area (Å²) in [5.41, 5.74) is 0.316. The van der Waals surface area contributed by atoms with Crippen LogP contribution in [0.1, 0.15) is 0 Å². The van der Waals surface area contributed by atoms with Crippen molar-refractivity contribution in [3.05, 3.63) is 12.4 Å². The number of hydrogen-bond acceptors (Lipinski definition) is 4. The summed E-state index contributed by atoms with van der Waals surface area (Å²) in [6, 6.07) is -0.823. The quantitative estimate of drug-likeness (QED) is 0.545. The van der Waals surface area contributed by atoms with Crippen LogP contribution in [0.25, 0.3) is 0 Å². The molecule has 1 rings (SSSR count). The summed E-state index contributed by atoms with van der Waals surface area (Å²) in [6.07, 6.45) is 2.68. The summed E-state index contributed by atoms with van der Waals surface area (Å²) < 4.78 is 0. The molecule has 0 atom stereocenters. The number of carbonyl (C=O) groups excluding carboxylic acids is 1. The van der Waals surface area contributed by atoms with E-state index in [1.807, 2.05) is 0 Å². The molecule has 1 aromatic heterocycles. The van der Waals surface area contributed by atoms with Crippen LogP contribution in [0.5, 0.6) is 0 Å². The van der Waals surface area contributed by atoms with Crippen molar-refractivity contribution < 1.29 is 24.6 Å². The number of nitrogens with one attached hydrogen (secondary N) is 2. The zero-order valence-electron chi connectivity index (χ0n) is 8.58. The minimum absolute atomic E-state index is 0.316. The molecular formula is C8H10N4O5. The standard InChI is InChI=1S/C8H10N4O5/c13-6(14)3-12(4-7(15)16)8(17)11-5-1-9-10-2-5/h1-2H,3-4H2,(H,9,10)(H,11,17)(H,13,14)(H,15,16). The van der Waals surface area contributed by atoms with E-state index in [-0.39, 0.29) is 0 Å². The molecule has 0 spiro atoms. The van der Waals surface area contributed by atoms with Crippen molar-refractivity contribution in [2.75, 3.05) is 18.4 Å². The van der Waals surface area contributed by atoms with Crippen molar-refractivity contribution in [2.45, 2.75) is 0 Å². The average molecular weight is 242 g/mol. The van der Waals surface area contributed by atoms with E-state index in [4.69, 9.17) is 10.2 Å². The van der Waals surface area contributed by atoms with E-state index in [0.717, 1.165) is 0 Å². The third-order valence-corrected chi connectivity index (χ3v) is 1.69. The number of carboxylic acid groups (broad SMARTS) is 2. The number of nitrogens with zero attached hydrogens (tertiary/aromatic N) is 2. The van der Waals surface area contributed by atoms with E-state index < -0.39 is 31.1 Å². The lowest BCUT2D eigenvalue weighted by atomic mass is 10.4. The summed E-state index contributed by atoms with van der Waals surface area (Å²) in [6.45, 7) is -1.40. The summed E-state index contributed by atoms with van der Waals surface area (Å²) in [4.78, 5) is 33.1. The van der Waals surface area contributed by atoms with Crippen LogP contribution in [0.3, 0.4) is 0 Å². The Labute approximate surface area is 95.0 Å².